The molecular formula is C31H41NO4. The summed E-state index contributed by atoms with van der Waals surface area (Å²) in [7, 11) is 3.51. The van der Waals surface area contributed by atoms with E-state index < -0.39 is 5.41 Å². The largest absolute Gasteiger partial charge is 0.486 e. The monoisotopic (exact) mass is 491 g/mol. The van der Waals surface area contributed by atoms with Crippen molar-refractivity contribution in [2.45, 2.75) is 72.6 Å². The average Bonchev–Trinajstić information content (AvgIpc) is 3.18. The first-order chi connectivity index (χ1) is 17.0. The number of ether oxygens (including phenoxy) is 2. The van der Waals surface area contributed by atoms with Crippen LogP contribution in [0.2, 0.25) is 0 Å². The van der Waals surface area contributed by atoms with Crippen LogP contribution in [0.5, 0.6) is 5.75 Å². The highest BCUT2D eigenvalue weighted by molar-refractivity contribution is 5.87. The number of esters is 1. The molecule has 0 atom stereocenters. The Balaban J connectivity index is 1.97. The Morgan fingerprint density at radius 1 is 1.00 bits per heavy atom. The maximum Gasteiger partial charge on any atom is 0.305 e. The summed E-state index contributed by atoms with van der Waals surface area (Å²) in [5.74, 6) is 0.652. The minimum Gasteiger partial charge on any atom is -0.486 e. The van der Waals surface area contributed by atoms with Gasteiger partial charge in [-0.3, -0.25) is 9.59 Å². The van der Waals surface area contributed by atoms with Crippen LogP contribution in [0.25, 0.3) is 10.9 Å². The van der Waals surface area contributed by atoms with Gasteiger partial charge >= 0.3 is 5.97 Å². The summed E-state index contributed by atoms with van der Waals surface area (Å²) in [6.45, 7) is 12.4. The van der Waals surface area contributed by atoms with E-state index in [1.807, 2.05) is 33.8 Å². The van der Waals surface area contributed by atoms with Gasteiger partial charge < -0.3 is 14.0 Å². The molecule has 1 heterocycles. The standard InChI is InChI=1S/C31H41NO4/c1-9-31(10-2,23-13-15-27(21(3)17-23)36-20-28(33)30(4,5)6)25-19-32(7)26-18-22(11-14-24(25)26)12-16-29(34)35-8/h11,13-15,17-19H,9-10,12,16,20H2,1-8H3. The summed E-state index contributed by atoms with van der Waals surface area (Å²) >= 11 is 0. The van der Waals surface area contributed by atoms with Gasteiger partial charge in [0, 0.05) is 41.4 Å². The lowest BCUT2D eigenvalue weighted by molar-refractivity contribution is -0.140. The molecule has 3 rings (SSSR count). The molecule has 194 valence electrons. The Hall–Kier alpha value is -3.08. The number of carbonyl (C=O) groups is 2. The minimum absolute atomic E-state index is 0.0814. The molecule has 0 aliphatic rings. The lowest BCUT2D eigenvalue weighted by Gasteiger charge is -2.33. The maximum atomic E-state index is 12.3. The number of hydrogen-bond donors (Lipinski definition) is 0. The third kappa shape index (κ3) is 5.50. The summed E-state index contributed by atoms with van der Waals surface area (Å²) < 4.78 is 12.9. The number of hydrogen-bond acceptors (Lipinski definition) is 4. The van der Waals surface area contributed by atoms with Crippen molar-refractivity contribution in [3.8, 4) is 5.75 Å². The summed E-state index contributed by atoms with van der Waals surface area (Å²) in [5.41, 5.74) is 5.31. The third-order valence-corrected chi connectivity index (χ3v) is 7.55. The SMILES string of the molecule is CCC(CC)(c1ccc(OCC(=O)C(C)(C)C)c(C)c1)c1cn(C)c2cc(CCC(=O)OC)ccc12. The summed E-state index contributed by atoms with van der Waals surface area (Å²) in [5, 5.41) is 1.23. The molecule has 0 aliphatic carbocycles. The van der Waals surface area contributed by atoms with Gasteiger partial charge in [-0.1, -0.05) is 58.9 Å². The molecule has 0 radical (unpaired) electrons. The van der Waals surface area contributed by atoms with Crippen LogP contribution < -0.4 is 4.74 Å². The second-order valence-corrected chi connectivity index (χ2v) is 10.8. The van der Waals surface area contributed by atoms with Crippen LogP contribution >= 0.6 is 0 Å². The first-order valence-electron chi connectivity index (χ1n) is 12.9. The van der Waals surface area contributed by atoms with Gasteiger partial charge in [-0.05, 0) is 60.6 Å². The molecule has 5 nitrogen and oxygen atoms in total. The normalized spacial score (nSPS) is 12.1. The van der Waals surface area contributed by atoms with Crippen LogP contribution in [-0.4, -0.2) is 30.0 Å². The van der Waals surface area contributed by atoms with E-state index in [-0.39, 0.29) is 23.8 Å². The Labute approximate surface area is 215 Å². The van der Waals surface area contributed by atoms with Crippen molar-refractivity contribution >= 4 is 22.7 Å². The predicted octanol–water partition coefficient (Wildman–Crippen LogP) is 6.69. The van der Waals surface area contributed by atoms with Crippen LogP contribution in [0.3, 0.4) is 0 Å². The summed E-state index contributed by atoms with van der Waals surface area (Å²) in [4.78, 5) is 23.9. The van der Waals surface area contributed by atoms with Crippen molar-refractivity contribution < 1.29 is 19.1 Å². The van der Waals surface area contributed by atoms with E-state index in [0.29, 0.717) is 12.8 Å². The van der Waals surface area contributed by atoms with E-state index in [1.165, 1.54) is 23.6 Å². The molecule has 0 unspecified atom stereocenters. The minimum atomic E-state index is -0.416. The second kappa shape index (κ2) is 10.9. The maximum absolute atomic E-state index is 12.3. The predicted molar refractivity (Wildman–Crippen MR) is 146 cm³/mol. The number of benzene rings is 2. The van der Waals surface area contributed by atoms with Gasteiger partial charge in [0.05, 0.1) is 7.11 Å². The number of aryl methyl sites for hydroxylation is 3. The molecule has 0 amide bonds. The highest BCUT2D eigenvalue weighted by atomic mass is 16.5. The number of nitrogens with zero attached hydrogens (tertiary/aromatic N) is 1. The van der Waals surface area contributed by atoms with Crippen LogP contribution in [0.15, 0.2) is 42.6 Å². The molecule has 2 aromatic carbocycles. The first kappa shape index (κ1) is 27.5. The van der Waals surface area contributed by atoms with Crippen LogP contribution in [0.4, 0.5) is 0 Å². The van der Waals surface area contributed by atoms with Crippen molar-refractivity contribution in [3.63, 3.8) is 0 Å². The van der Waals surface area contributed by atoms with Crippen molar-refractivity contribution in [2.24, 2.45) is 12.5 Å². The van der Waals surface area contributed by atoms with Crippen LogP contribution in [0.1, 0.15) is 76.1 Å². The molecule has 0 spiro atoms. The summed E-state index contributed by atoms with van der Waals surface area (Å²) in [6.07, 6.45) is 5.20. The van der Waals surface area contributed by atoms with E-state index >= 15 is 0 Å². The van der Waals surface area contributed by atoms with Gasteiger partial charge in [-0.2, -0.15) is 0 Å². The van der Waals surface area contributed by atoms with Gasteiger partial charge in [0.2, 0.25) is 0 Å². The van der Waals surface area contributed by atoms with Gasteiger partial charge in [-0.15, -0.1) is 0 Å². The van der Waals surface area contributed by atoms with Crippen molar-refractivity contribution in [1.82, 2.24) is 4.57 Å². The van der Waals surface area contributed by atoms with E-state index in [1.54, 1.807) is 0 Å². The van der Waals surface area contributed by atoms with E-state index in [0.717, 1.165) is 35.2 Å². The zero-order valence-corrected chi connectivity index (χ0v) is 23.2. The fourth-order valence-electron chi connectivity index (χ4n) is 4.98. The second-order valence-electron chi connectivity index (χ2n) is 10.8. The number of ketones is 1. The zero-order valence-electron chi connectivity index (χ0n) is 23.2. The molecule has 3 aromatic rings. The summed E-state index contributed by atoms with van der Waals surface area (Å²) in [6, 6.07) is 12.9. The van der Waals surface area contributed by atoms with Gasteiger partial charge in [0.25, 0.3) is 0 Å². The van der Waals surface area contributed by atoms with Crippen LogP contribution in [-0.2, 0) is 33.2 Å². The number of fused-ring (bicyclic) bond motifs is 1. The van der Waals surface area contributed by atoms with E-state index in [2.05, 4.69) is 62.0 Å². The highest BCUT2D eigenvalue weighted by Gasteiger charge is 2.34. The molecule has 36 heavy (non-hydrogen) atoms. The lowest BCUT2D eigenvalue weighted by atomic mass is 9.70. The molecule has 0 aliphatic heterocycles. The first-order valence-corrected chi connectivity index (χ1v) is 12.9. The van der Waals surface area contributed by atoms with Gasteiger partial charge in [0.15, 0.2) is 5.78 Å². The molecule has 0 N–H and O–H groups in total. The van der Waals surface area contributed by atoms with Crippen molar-refractivity contribution in [2.75, 3.05) is 13.7 Å². The van der Waals surface area contributed by atoms with Crippen molar-refractivity contribution in [1.29, 1.82) is 0 Å². The number of methoxy groups -OCH3 is 1. The molecule has 0 saturated heterocycles. The third-order valence-electron chi connectivity index (χ3n) is 7.55. The fraction of sp³-hybridized carbons (Fsp3) is 0.484. The van der Waals surface area contributed by atoms with E-state index in [9.17, 15) is 9.59 Å². The average molecular weight is 492 g/mol. The molecule has 0 saturated carbocycles. The number of aromatic nitrogens is 1. The zero-order chi connectivity index (χ0) is 26.7. The molecule has 0 bridgehead atoms. The molecule has 0 fully saturated rings. The molecular weight excluding hydrogens is 450 g/mol. The number of carbonyl (C=O) groups excluding carboxylic acids is 2. The Morgan fingerprint density at radius 3 is 2.28 bits per heavy atom. The molecule has 5 heteroatoms. The van der Waals surface area contributed by atoms with Crippen molar-refractivity contribution in [3.05, 3.63) is 64.8 Å². The van der Waals surface area contributed by atoms with Gasteiger partial charge in [0.1, 0.15) is 12.4 Å². The van der Waals surface area contributed by atoms with E-state index in [4.69, 9.17) is 9.47 Å². The number of rotatable bonds is 10. The smallest absolute Gasteiger partial charge is 0.305 e. The Morgan fingerprint density at radius 2 is 1.69 bits per heavy atom. The molecule has 1 aromatic heterocycles. The van der Waals surface area contributed by atoms with Crippen LogP contribution in [0, 0.1) is 12.3 Å². The number of Topliss-reactive ketones (excluding diaryl/α,β-unsaturated/α-hetero) is 1. The lowest BCUT2D eigenvalue weighted by Crippen LogP contribution is -2.27. The fourth-order valence-corrected chi connectivity index (χ4v) is 4.98. The Kier molecular flexibility index (Phi) is 8.33. The van der Waals surface area contributed by atoms with Gasteiger partial charge in [-0.25, -0.2) is 0 Å². The highest BCUT2D eigenvalue weighted by Crippen LogP contribution is 2.44. The Bertz CT molecular complexity index is 1240. The topological polar surface area (TPSA) is 57.5 Å². The quantitative estimate of drug-likeness (QED) is 0.296.